The second kappa shape index (κ2) is 9.22. The van der Waals surface area contributed by atoms with E-state index in [0.29, 0.717) is 12.4 Å². The number of halogens is 1. The molecular formula is C19H29IN4O. The minimum atomic E-state index is -0.0326. The first-order valence-corrected chi connectivity index (χ1v) is 8.22. The number of rotatable bonds is 4. The molecule has 0 fully saturated rings. The fourth-order valence-corrected chi connectivity index (χ4v) is 2.32. The highest BCUT2D eigenvalue weighted by atomic mass is 127. The van der Waals surface area contributed by atoms with E-state index < -0.39 is 0 Å². The Kier molecular flexibility index (Phi) is 7.92. The van der Waals surface area contributed by atoms with Gasteiger partial charge in [0.25, 0.3) is 0 Å². The molecule has 1 heterocycles. The molecule has 0 saturated heterocycles. The number of guanidine groups is 1. The molecule has 0 aliphatic heterocycles. The number of aliphatic imine (C=N–C) groups is 1. The molecule has 0 atom stereocenters. The van der Waals surface area contributed by atoms with Crippen LogP contribution in [-0.2, 0) is 18.5 Å². The van der Waals surface area contributed by atoms with Crippen LogP contribution in [0, 0.1) is 6.92 Å². The molecule has 6 heteroatoms. The molecular weight excluding hydrogens is 427 g/mol. The van der Waals surface area contributed by atoms with Crippen molar-refractivity contribution in [2.24, 2.45) is 4.99 Å². The van der Waals surface area contributed by atoms with Gasteiger partial charge in [0.05, 0.1) is 12.7 Å². The maximum absolute atomic E-state index is 5.81. The Balaban J connectivity index is 0.00000312. The number of nitrogens with one attached hydrogen (secondary N) is 1. The first-order chi connectivity index (χ1) is 11.3. The second-order valence-corrected chi connectivity index (χ2v) is 7.11. The predicted octanol–water partition coefficient (Wildman–Crippen LogP) is 4.11. The van der Waals surface area contributed by atoms with Crippen molar-refractivity contribution in [2.75, 3.05) is 14.1 Å². The Morgan fingerprint density at radius 2 is 1.88 bits per heavy atom. The fourth-order valence-electron chi connectivity index (χ4n) is 2.32. The lowest BCUT2D eigenvalue weighted by molar-refractivity contribution is 0.376. The monoisotopic (exact) mass is 456 g/mol. The molecule has 0 amide bonds. The van der Waals surface area contributed by atoms with E-state index in [9.17, 15) is 0 Å². The van der Waals surface area contributed by atoms with Crippen molar-refractivity contribution >= 4 is 29.9 Å². The number of aromatic nitrogens is 1. The normalized spacial score (nSPS) is 11.8. The third kappa shape index (κ3) is 6.34. The van der Waals surface area contributed by atoms with Crippen LogP contribution in [0.3, 0.4) is 0 Å². The Bertz CT molecular complexity index is 686. The first kappa shape index (κ1) is 21.5. The van der Waals surface area contributed by atoms with Gasteiger partial charge in [0, 0.05) is 26.1 Å². The van der Waals surface area contributed by atoms with E-state index in [1.165, 1.54) is 11.1 Å². The Labute approximate surface area is 168 Å². The predicted molar refractivity (Wildman–Crippen MR) is 113 cm³/mol. The summed E-state index contributed by atoms with van der Waals surface area (Å²) in [5.74, 6) is 2.37. The molecule has 0 spiro atoms. The number of aryl methyl sites for hydroxylation is 1. The Morgan fingerprint density at radius 1 is 1.24 bits per heavy atom. The lowest BCUT2D eigenvalue weighted by Crippen LogP contribution is -2.38. The zero-order chi connectivity index (χ0) is 17.7. The number of benzene rings is 1. The summed E-state index contributed by atoms with van der Waals surface area (Å²) in [7, 11) is 3.80. The van der Waals surface area contributed by atoms with Crippen LogP contribution < -0.4 is 5.32 Å². The largest absolute Gasteiger partial charge is 0.443 e. The number of hydrogen-bond acceptors (Lipinski definition) is 3. The van der Waals surface area contributed by atoms with Gasteiger partial charge >= 0.3 is 0 Å². The smallest absolute Gasteiger partial charge is 0.213 e. The quantitative estimate of drug-likeness (QED) is 0.428. The molecule has 0 aliphatic carbocycles. The molecule has 25 heavy (non-hydrogen) atoms. The van der Waals surface area contributed by atoms with Gasteiger partial charge in [-0.2, -0.15) is 0 Å². The highest BCUT2D eigenvalue weighted by Crippen LogP contribution is 2.22. The number of hydrogen-bond donors (Lipinski definition) is 1. The van der Waals surface area contributed by atoms with Crippen LogP contribution >= 0.6 is 24.0 Å². The van der Waals surface area contributed by atoms with Crippen LogP contribution in [0.25, 0.3) is 0 Å². The molecule has 138 valence electrons. The average molecular weight is 456 g/mol. The Morgan fingerprint density at radius 3 is 2.40 bits per heavy atom. The van der Waals surface area contributed by atoms with Crippen LogP contribution in [0.15, 0.2) is 39.9 Å². The van der Waals surface area contributed by atoms with Crippen LogP contribution in [0.4, 0.5) is 0 Å². The van der Waals surface area contributed by atoms with Gasteiger partial charge in [0.15, 0.2) is 5.96 Å². The van der Waals surface area contributed by atoms with Gasteiger partial charge in [-0.3, -0.25) is 4.99 Å². The van der Waals surface area contributed by atoms with Crippen molar-refractivity contribution < 1.29 is 4.42 Å². The molecule has 0 unspecified atom stereocenters. The average Bonchev–Trinajstić information content (AvgIpc) is 2.99. The van der Waals surface area contributed by atoms with Gasteiger partial charge in [-0.1, -0.05) is 50.6 Å². The summed E-state index contributed by atoms with van der Waals surface area (Å²) < 4.78 is 5.81. The lowest BCUT2D eigenvalue weighted by Gasteiger charge is -2.21. The summed E-state index contributed by atoms with van der Waals surface area (Å²) >= 11 is 0. The van der Waals surface area contributed by atoms with Gasteiger partial charge in [0.2, 0.25) is 5.89 Å². The third-order valence-electron chi connectivity index (χ3n) is 3.80. The molecule has 0 bridgehead atoms. The molecule has 1 aromatic heterocycles. The van der Waals surface area contributed by atoms with Crippen molar-refractivity contribution in [3.05, 3.63) is 53.2 Å². The highest BCUT2D eigenvalue weighted by molar-refractivity contribution is 14.0. The van der Waals surface area contributed by atoms with E-state index in [2.05, 4.69) is 72.2 Å². The molecule has 1 N–H and O–H groups in total. The molecule has 0 aliphatic rings. The number of nitrogens with zero attached hydrogens (tertiary/aromatic N) is 3. The van der Waals surface area contributed by atoms with E-state index in [-0.39, 0.29) is 29.4 Å². The van der Waals surface area contributed by atoms with Crippen molar-refractivity contribution in [1.82, 2.24) is 15.2 Å². The summed E-state index contributed by atoms with van der Waals surface area (Å²) in [5, 5.41) is 3.30. The van der Waals surface area contributed by atoms with Crippen molar-refractivity contribution in [1.29, 1.82) is 0 Å². The van der Waals surface area contributed by atoms with Crippen LogP contribution in [0.5, 0.6) is 0 Å². The molecule has 2 aromatic rings. The van der Waals surface area contributed by atoms with E-state index in [4.69, 9.17) is 4.42 Å². The zero-order valence-electron chi connectivity index (χ0n) is 16.0. The Hall–Kier alpha value is -1.57. The summed E-state index contributed by atoms with van der Waals surface area (Å²) in [6, 6.07) is 8.53. The van der Waals surface area contributed by atoms with Crippen molar-refractivity contribution in [3.63, 3.8) is 0 Å². The molecule has 5 nitrogen and oxygen atoms in total. The van der Waals surface area contributed by atoms with Crippen LogP contribution in [-0.4, -0.2) is 29.9 Å². The second-order valence-electron chi connectivity index (χ2n) is 7.11. The minimum Gasteiger partial charge on any atom is -0.443 e. The van der Waals surface area contributed by atoms with Crippen LogP contribution in [0.2, 0.25) is 0 Å². The summed E-state index contributed by atoms with van der Waals surface area (Å²) in [6.45, 7) is 9.73. The fraction of sp³-hybridized carbons (Fsp3) is 0.474. The van der Waals surface area contributed by atoms with E-state index in [0.717, 1.165) is 18.3 Å². The number of oxazole rings is 1. The van der Waals surface area contributed by atoms with Gasteiger partial charge in [-0.05, 0) is 12.5 Å². The maximum Gasteiger partial charge on any atom is 0.213 e. The lowest BCUT2D eigenvalue weighted by atomic mass is 9.94. The van der Waals surface area contributed by atoms with Crippen molar-refractivity contribution in [3.8, 4) is 0 Å². The minimum absolute atomic E-state index is 0. The molecule has 0 radical (unpaired) electrons. The first-order valence-electron chi connectivity index (χ1n) is 8.22. The van der Waals surface area contributed by atoms with E-state index in [1.807, 2.05) is 7.05 Å². The van der Waals surface area contributed by atoms with Crippen LogP contribution in [0.1, 0.15) is 43.5 Å². The van der Waals surface area contributed by atoms with Gasteiger partial charge < -0.3 is 14.6 Å². The van der Waals surface area contributed by atoms with Gasteiger partial charge in [0.1, 0.15) is 5.76 Å². The maximum atomic E-state index is 5.81. The summed E-state index contributed by atoms with van der Waals surface area (Å²) in [5.41, 5.74) is 2.48. The third-order valence-corrected chi connectivity index (χ3v) is 3.80. The topological polar surface area (TPSA) is 53.7 Å². The molecule has 1 aromatic carbocycles. The summed E-state index contributed by atoms with van der Waals surface area (Å²) in [6.07, 6.45) is 1.80. The van der Waals surface area contributed by atoms with Gasteiger partial charge in [-0.25, -0.2) is 4.98 Å². The van der Waals surface area contributed by atoms with Gasteiger partial charge in [-0.15, -0.1) is 24.0 Å². The SMILES string of the molecule is CN=C(NCc1ncc(C(C)(C)C)o1)N(C)Cc1ccc(C)cc1.I. The molecule has 2 rings (SSSR count). The van der Waals surface area contributed by atoms with Crippen molar-refractivity contribution in [2.45, 2.75) is 46.2 Å². The summed E-state index contributed by atoms with van der Waals surface area (Å²) in [4.78, 5) is 10.8. The highest BCUT2D eigenvalue weighted by Gasteiger charge is 2.19. The standard InChI is InChI=1S/C19H28N4O.HI/c1-14-7-9-15(10-8-14)13-23(6)18(20-5)22-12-17-21-11-16(24-17)19(2,3)4;/h7-11H,12-13H2,1-6H3,(H,20,22);1H. The van der Waals surface area contributed by atoms with E-state index >= 15 is 0 Å². The molecule has 0 saturated carbocycles. The zero-order valence-corrected chi connectivity index (χ0v) is 18.3. The van der Waals surface area contributed by atoms with E-state index in [1.54, 1.807) is 13.2 Å².